The second-order valence-electron chi connectivity index (χ2n) is 3.77. The lowest BCUT2D eigenvalue weighted by molar-refractivity contribution is 0.121. The van der Waals surface area contributed by atoms with Gasteiger partial charge in [-0.3, -0.25) is 0 Å². The van der Waals surface area contributed by atoms with Crippen LogP contribution < -0.4 is 15.2 Å². The summed E-state index contributed by atoms with van der Waals surface area (Å²) in [6, 6.07) is 5.45. The normalized spacial score (nSPS) is 17.5. The second kappa shape index (κ2) is 4.08. The monoisotopic (exact) mass is 209 g/mol. The predicted molar refractivity (Wildman–Crippen MR) is 55.7 cm³/mol. The van der Waals surface area contributed by atoms with Crippen molar-refractivity contribution in [2.75, 3.05) is 13.3 Å². The van der Waals surface area contributed by atoms with Crippen molar-refractivity contribution in [2.45, 2.75) is 13.0 Å². The summed E-state index contributed by atoms with van der Waals surface area (Å²) in [4.78, 5) is 0. The zero-order valence-electron chi connectivity index (χ0n) is 8.64. The summed E-state index contributed by atoms with van der Waals surface area (Å²) in [5.74, 6) is 1.45. The number of ether oxygens (including phenoxy) is 2. The summed E-state index contributed by atoms with van der Waals surface area (Å²) >= 11 is 0. The lowest BCUT2D eigenvalue weighted by atomic mass is 9.97. The van der Waals surface area contributed by atoms with E-state index in [1.807, 2.05) is 19.1 Å². The summed E-state index contributed by atoms with van der Waals surface area (Å²) in [5.41, 5.74) is 6.32. The number of rotatable bonds is 3. The third-order valence-electron chi connectivity index (χ3n) is 2.65. The number of fused-ring (bicyclic) bond motifs is 1. The Morgan fingerprint density at radius 1 is 1.40 bits per heavy atom. The van der Waals surface area contributed by atoms with Gasteiger partial charge in [-0.2, -0.15) is 0 Å². The molecule has 0 fully saturated rings. The van der Waals surface area contributed by atoms with Crippen LogP contribution >= 0.6 is 0 Å². The van der Waals surface area contributed by atoms with Crippen LogP contribution in [-0.4, -0.2) is 18.4 Å². The SMILES string of the molecule is CC(CN)C(O)c1ccc2c(c1)OCO2. The van der Waals surface area contributed by atoms with E-state index < -0.39 is 6.10 Å². The van der Waals surface area contributed by atoms with Crippen LogP contribution in [0.15, 0.2) is 18.2 Å². The van der Waals surface area contributed by atoms with Gasteiger partial charge in [0.05, 0.1) is 6.10 Å². The third-order valence-corrected chi connectivity index (χ3v) is 2.65. The van der Waals surface area contributed by atoms with Crippen molar-refractivity contribution in [3.8, 4) is 11.5 Å². The molecule has 0 aromatic heterocycles. The lowest BCUT2D eigenvalue weighted by Crippen LogP contribution is -2.18. The minimum absolute atomic E-state index is 0.0328. The van der Waals surface area contributed by atoms with Crippen molar-refractivity contribution in [1.82, 2.24) is 0 Å². The highest BCUT2D eigenvalue weighted by Crippen LogP contribution is 2.35. The molecule has 1 aliphatic rings. The molecule has 2 unspecified atom stereocenters. The van der Waals surface area contributed by atoms with Crippen molar-refractivity contribution in [1.29, 1.82) is 0 Å². The highest BCUT2D eigenvalue weighted by Gasteiger charge is 2.19. The van der Waals surface area contributed by atoms with Crippen LogP contribution in [0.4, 0.5) is 0 Å². The standard InChI is InChI=1S/C11H15NO3/c1-7(5-12)11(13)8-2-3-9-10(4-8)15-6-14-9/h2-4,7,11,13H,5-6,12H2,1H3. The van der Waals surface area contributed by atoms with Crippen LogP contribution in [0, 0.1) is 5.92 Å². The average Bonchev–Trinajstić information content (AvgIpc) is 2.73. The first-order valence-electron chi connectivity index (χ1n) is 5.00. The number of hydrogen-bond donors (Lipinski definition) is 2. The van der Waals surface area contributed by atoms with Gasteiger partial charge in [-0.1, -0.05) is 13.0 Å². The van der Waals surface area contributed by atoms with E-state index >= 15 is 0 Å². The highest BCUT2D eigenvalue weighted by molar-refractivity contribution is 5.45. The van der Waals surface area contributed by atoms with E-state index in [4.69, 9.17) is 15.2 Å². The zero-order chi connectivity index (χ0) is 10.8. The minimum atomic E-state index is -0.551. The Balaban J connectivity index is 2.22. The molecule has 2 rings (SSSR count). The molecule has 3 N–H and O–H groups in total. The van der Waals surface area contributed by atoms with Gasteiger partial charge in [-0.25, -0.2) is 0 Å². The maximum atomic E-state index is 9.94. The molecular formula is C11H15NO3. The van der Waals surface area contributed by atoms with E-state index in [-0.39, 0.29) is 12.7 Å². The molecule has 0 radical (unpaired) electrons. The minimum Gasteiger partial charge on any atom is -0.454 e. The Bertz CT molecular complexity index is 354. The van der Waals surface area contributed by atoms with E-state index in [1.165, 1.54) is 0 Å². The summed E-state index contributed by atoms with van der Waals surface area (Å²) in [6.45, 7) is 2.62. The summed E-state index contributed by atoms with van der Waals surface area (Å²) < 4.78 is 10.4. The fraction of sp³-hybridized carbons (Fsp3) is 0.455. The molecule has 0 aliphatic carbocycles. The maximum Gasteiger partial charge on any atom is 0.231 e. The van der Waals surface area contributed by atoms with E-state index in [9.17, 15) is 5.11 Å². The largest absolute Gasteiger partial charge is 0.454 e. The van der Waals surface area contributed by atoms with Gasteiger partial charge in [-0.05, 0) is 30.2 Å². The van der Waals surface area contributed by atoms with Gasteiger partial charge in [0.15, 0.2) is 11.5 Å². The smallest absolute Gasteiger partial charge is 0.231 e. The van der Waals surface area contributed by atoms with Crippen LogP contribution in [0.5, 0.6) is 11.5 Å². The van der Waals surface area contributed by atoms with E-state index in [1.54, 1.807) is 6.07 Å². The second-order valence-corrected chi connectivity index (χ2v) is 3.77. The van der Waals surface area contributed by atoms with E-state index in [0.29, 0.717) is 12.3 Å². The van der Waals surface area contributed by atoms with Crippen LogP contribution in [0.2, 0.25) is 0 Å². The topological polar surface area (TPSA) is 64.7 Å². The van der Waals surface area contributed by atoms with Gasteiger partial charge in [0.2, 0.25) is 6.79 Å². The number of benzene rings is 1. The molecule has 0 bridgehead atoms. The van der Waals surface area contributed by atoms with Gasteiger partial charge in [-0.15, -0.1) is 0 Å². The first-order valence-corrected chi connectivity index (χ1v) is 5.00. The maximum absolute atomic E-state index is 9.94. The molecule has 1 aromatic carbocycles. The van der Waals surface area contributed by atoms with Crippen LogP contribution in [0.1, 0.15) is 18.6 Å². The van der Waals surface area contributed by atoms with Gasteiger partial charge in [0.1, 0.15) is 0 Å². The molecular weight excluding hydrogens is 194 g/mol. The third kappa shape index (κ3) is 1.91. The fourth-order valence-electron chi connectivity index (χ4n) is 1.55. The molecule has 2 atom stereocenters. The first-order chi connectivity index (χ1) is 7.22. The van der Waals surface area contributed by atoms with Crippen molar-refractivity contribution in [3.63, 3.8) is 0 Å². The molecule has 1 heterocycles. The fourth-order valence-corrected chi connectivity index (χ4v) is 1.55. The summed E-state index contributed by atoms with van der Waals surface area (Å²) in [7, 11) is 0. The number of hydrogen-bond acceptors (Lipinski definition) is 4. The number of aliphatic hydroxyl groups excluding tert-OH is 1. The van der Waals surface area contributed by atoms with Gasteiger partial charge >= 0.3 is 0 Å². The van der Waals surface area contributed by atoms with Crippen molar-refractivity contribution >= 4 is 0 Å². The van der Waals surface area contributed by atoms with Crippen LogP contribution in [0.25, 0.3) is 0 Å². The average molecular weight is 209 g/mol. The molecule has 82 valence electrons. The highest BCUT2D eigenvalue weighted by atomic mass is 16.7. The number of nitrogens with two attached hydrogens (primary N) is 1. The Morgan fingerprint density at radius 3 is 2.87 bits per heavy atom. The molecule has 0 saturated carbocycles. The molecule has 1 aliphatic heterocycles. The Morgan fingerprint density at radius 2 is 2.13 bits per heavy atom. The van der Waals surface area contributed by atoms with Crippen LogP contribution in [0.3, 0.4) is 0 Å². The van der Waals surface area contributed by atoms with Crippen molar-refractivity contribution in [2.24, 2.45) is 11.7 Å². The molecule has 15 heavy (non-hydrogen) atoms. The summed E-state index contributed by atoms with van der Waals surface area (Å²) in [5, 5.41) is 9.94. The first kappa shape index (κ1) is 10.3. The Hall–Kier alpha value is -1.26. The quantitative estimate of drug-likeness (QED) is 0.780. The van der Waals surface area contributed by atoms with E-state index in [0.717, 1.165) is 11.3 Å². The molecule has 0 amide bonds. The molecule has 4 nitrogen and oxygen atoms in total. The molecule has 0 saturated heterocycles. The Kier molecular flexibility index (Phi) is 2.79. The van der Waals surface area contributed by atoms with Gasteiger partial charge in [0, 0.05) is 0 Å². The van der Waals surface area contributed by atoms with Crippen molar-refractivity contribution < 1.29 is 14.6 Å². The summed E-state index contributed by atoms with van der Waals surface area (Å²) in [6.07, 6.45) is -0.551. The van der Waals surface area contributed by atoms with Crippen molar-refractivity contribution in [3.05, 3.63) is 23.8 Å². The number of aliphatic hydroxyl groups is 1. The molecule has 0 spiro atoms. The van der Waals surface area contributed by atoms with Crippen LogP contribution in [-0.2, 0) is 0 Å². The van der Waals surface area contributed by atoms with E-state index in [2.05, 4.69) is 0 Å². The molecule has 4 heteroatoms. The van der Waals surface area contributed by atoms with Gasteiger partial charge in [0.25, 0.3) is 0 Å². The molecule has 1 aromatic rings. The van der Waals surface area contributed by atoms with Gasteiger partial charge < -0.3 is 20.3 Å². The zero-order valence-corrected chi connectivity index (χ0v) is 8.64. The Labute approximate surface area is 88.6 Å². The predicted octanol–water partition coefficient (Wildman–Crippen LogP) is 1.04. The lowest BCUT2D eigenvalue weighted by Gasteiger charge is -2.17.